The average Bonchev–Trinajstić information content (AvgIpc) is 2.36. The number of hydrogen-bond donors (Lipinski definition) is 1. The highest BCUT2D eigenvalue weighted by Gasteiger charge is 2.25. The van der Waals surface area contributed by atoms with Crippen LogP contribution in [0, 0.1) is 0 Å². The lowest BCUT2D eigenvalue weighted by Crippen LogP contribution is -2.38. The quantitative estimate of drug-likeness (QED) is 0.853. The van der Waals surface area contributed by atoms with Gasteiger partial charge in [0, 0.05) is 10.7 Å². The largest absolute Gasteiger partial charge is 0.309 e. The second-order valence-electron chi connectivity index (χ2n) is 4.17. The number of anilines is 1. The molecule has 5 heteroatoms. The number of nitrogens with one attached hydrogen (secondary N) is 1. The van der Waals surface area contributed by atoms with Crippen LogP contribution in [-0.4, -0.2) is 35.9 Å². The summed E-state index contributed by atoms with van der Waals surface area (Å²) in [6.45, 7) is 0. The Hall–Kier alpha value is -0.940. The van der Waals surface area contributed by atoms with E-state index in [2.05, 4.69) is 26.2 Å². The molecule has 1 aromatic heterocycles. The van der Waals surface area contributed by atoms with Gasteiger partial charge in [-0.1, -0.05) is 0 Å². The highest BCUT2D eigenvalue weighted by Crippen LogP contribution is 2.24. The zero-order chi connectivity index (χ0) is 11.7. The number of carbonyl (C=O) groups excluding carboxylic acids is 1. The van der Waals surface area contributed by atoms with Gasteiger partial charge >= 0.3 is 0 Å². The second-order valence-corrected chi connectivity index (χ2v) is 5.08. The fourth-order valence-electron chi connectivity index (χ4n) is 1.90. The summed E-state index contributed by atoms with van der Waals surface area (Å²) >= 11 is 3.39. The Morgan fingerprint density at radius 3 is 3.00 bits per heavy atom. The van der Waals surface area contributed by atoms with E-state index in [0.29, 0.717) is 5.82 Å². The normalized spacial score (nSPS) is 20.2. The number of rotatable bonds is 1. The first-order chi connectivity index (χ1) is 7.58. The summed E-state index contributed by atoms with van der Waals surface area (Å²) in [6.07, 6.45) is 3.39. The molecule has 0 saturated carbocycles. The van der Waals surface area contributed by atoms with Crippen LogP contribution in [0.1, 0.15) is 12.0 Å². The lowest BCUT2D eigenvalue weighted by Gasteiger charge is -2.20. The Morgan fingerprint density at radius 2 is 2.31 bits per heavy atom. The van der Waals surface area contributed by atoms with Gasteiger partial charge in [0.1, 0.15) is 5.82 Å². The molecule has 0 aliphatic carbocycles. The predicted molar refractivity (Wildman–Crippen MR) is 66.4 cm³/mol. The average molecular weight is 284 g/mol. The number of carbonyl (C=O) groups is 1. The molecule has 0 aromatic carbocycles. The van der Waals surface area contributed by atoms with Crippen molar-refractivity contribution in [3.63, 3.8) is 0 Å². The highest BCUT2D eigenvalue weighted by atomic mass is 79.9. The molecule has 2 heterocycles. The molecule has 1 atom stereocenters. The topological polar surface area (TPSA) is 45.2 Å². The van der Waals surface area contributed by atoms with Gasteiger partial charge in [-0.3, -0.25) is 9.69 Å². The van der Waals surface area contributed by atoms with Crippen LogP contribution < -0.4 is 5.32 Å². The monoisotopic (exact) mass is 283 g/mol. The molecule has 1 aliphatic rings. The van der Waals surface area contributed by atoms with Crippen molar-refractivity contribution < 1.29 is 4.79 Å². The van der Waals surface area contributed by atoms with Gasteiger partial charge in [-0.15, -0.1) is 0 Å². The lowest BCUT2D eigenvalue weighted by molar-refractivity contribution is -0.120. The number of hydrogen-bond acceptors (Lipinski definition) is 3. The number of fused-ring (bicyclic) bond motifs is 1. The van der Waals surface area contributed by atoms with Crippen LogP contribution in [0.3, 0.4) is 0 Å². The minimum atomic E-state index is -0.0759. The van der Waals surface area contributed by atoms with Gasteiger partial charge in [-0.2, -0.15) is 0 Å². The summed E-state index contributed by atoms with van der Waals surface area (Å²) < 4.78 is 0.948. The zero-order valence-corrected chi connectivity index (χ0v) is 10.9. The number of aryl methyl sites for hydroxylation is 1. The zero-order valence-electron chi connectivity index (χ0n) is 9.33. The van der Waals surface area contributed by atoms with E-state index in [-0.39, 0.29) is 11.9 Å². The summed E-state index contributed by atoms with van der Waals surface area (Å²) in [5, 5.41) is 2.87. The molecule has 1 N–H and O–H groups in total. The van der Waals surface area contributed by atoms with Crippen LogP contribution in [0.25, 0.3) is 0 Å². The Morgan fingerprint density at radius 1 is 1.56 bits per heavy atom. The first kappa shape index (κ1) is 11.5. The maximum Gasteiger partial charge on any atom is 0.242 e. The Bertz CT molecular complexity index is 420. The van der Waals surface area contributed by atoms with Crippen molar-refractivity contribution in [3.8, 4) is 0 Å². The first-order valence-electron chi connectivity index (χ1n) is 5.19. The number of nitrogens with zero attached hydrogens (tertiary/aromatic N) is 2. The third-order valence-electron chi connectivity index (χ3n) is 2.79. The number of halogens is 1. The summed E-state index contributed by atoms with van der Waals surface area (Å²) in [7, 11) is 3.84. The molecule has 1 aromatic rings. The Balaban J connectivity index is 2.29. The molecule has 1 aliphatic heterocycles. The van der Waals surface area contributed by atoms with E-state index < -0.39 is 0 Å². The van der Waals surface area contributed by atoms with E-state index in [1.54, 1.807) is 6.20 Å². The number of amides is 1. The van der Waals surface area contributed by atoms with Crippen molar-refractivity contribution in [1.29, 1.82) is 0 Å². The molecule has 0 saturated heterocycles. The van der Waals surface area contributed by atoms with Crippen molar-refractivity contribution in [2.24, 2.45) is 0 Å². The summed E-state index contributed by atoms with van der Waals surface area (Å²) in [5.41, 5.74) is 1.09. The van der Waals surface area contributed by atoms with E-state index in [1.807, 2.05) is 25.1 Å². The Labute approximate surface area is 103 Å². The maximum absolute atomic E-state index is 11.9. The second kappa shape index (κ2) is 4.51. The third-order valence-corrected chi connectivity index (χ3v) is 3.22. The van der Waals surface area contributed by atoms with E-state index in [0.717, 1.165) is 22.9 Å². The van der Waals surface area contributed by atoms with Gasteiger partial charge in [-0.05, 0) is 54.5 Å². The SMILES string of the molecule is CN(C)C1CCc2cc(Br)cnc2NC1=O. The van der Waals surface area contributed by atoms with Crippen LogP contribution in [0.15, 0.2) is 16.7 Å². The molecule has 1 amide bonds. The third kappa shape index (κ3) is 2.25. The molecule has 0 fully saturated rings. The minimum Gasteiger partial charge on any atom is -0.309 e. The predicted octanol–water partition coefficient (Wildman–Crippen LogP) is 1.66. The molecular formula is C11H14BrN3O. The molecule has 16 heavy (non-hydrogen) atoms. The maximum atomic E-state index is 11.9. The van der Waals surface area contributed by atoms with Crippen LogP contribution in [0.5, 0.6) is 0 Å². The molecule has 0 radical (unpaired) electrons. The summed E-state index contributed by atoms with van der Waals surface area (Å²) in [4.78, 5) is 18.1. The molecule has 86 valence electrons. The van der Waals surface area contributed by atoms with Gasteiger partial charge in [0.05, 0.1) is 6.04 Å². The van der Waals surface area contributed by atoms with Crippen LogP contribution in [0.4, 0.5) is 5.82 Å². The van der Waals surface area contributed by atoms with Crippen molar-refractivity contribution in [1.82, 2.24) is 9.88 Å². The number of aromatic nitrogens is 1. The number of likely N-dealkylation sites (N-methyl/N-ethyl adjacent to an activating group) is 1. The lowest BCUT2D eigenvalue weighted by atomic mass is 10.1. The van der Waals surface area contributed by atoms with Crippen molar-refractivity contribution >= 4 is 27.7 Å². The Kier molecular flexibility index (Phi) is 3.25. The van der Waals surface area contributed by atoms with Gasteiger partial charge < -0.3 is 5.32 Å². The first-order valence-corrected chi connectivity index (χ1v) is 5.99. The van der Waals surface area contributed by atoms with Gasteiger partial charge in [0.2, 0.25) is 5.91 Å². The van der Waals surface area contributed by atoms with E-state index in [4.69, 9.17) is 0 Å². The van der Waals surface area contributed by atoms with Gasteiger partial charge in [0.15, 0.2) is 0 Å². The van der Waals surface area contributed by atoms with Crippen molar-refractivity contribution in [2.45, 2.75) is 18.9 Å². The van der Waals surface area contributed by atoms with Crippen molar-refractivity contribution in [3.05, 3.63) is 22.3 Å². The molecule has 2 rings (SSSR count). The highest BCUT2D eigenvalue weighted by molar-refractivity contribution is 9.10. The van der Waals surface area contributed by atoms with E-state index >= 15 is 0 Å². The van der Waals surface area contributed by atoms with Crippen LogP contribution >= 0.6 is 15.9 Å². The van der Waals surface area contributed by atoms with E-state index in [9.17, 15) is 4.79 Å². The van der Waals surface area contributed by atoms with E-state index in [1.165, 1.54) is 0 Å². The molecule has 0 bridgehead atoms. The van der Waals surface area contributed by atoms with Crippen LogP contribution in [-0.2, 0) is 11.2 Å². The number of pyridine rings is 1. The molecular weight excluding hydrogens is 270 g/mol. The fraction of sp³-hybridized carbons (Fsp3) is 0.455. The van der Waals surface area contributed by atoms with Crippen molar-refractivity contribution in [2.75, 3.05) is 19.4 Å². The molecule has 0 spiro atoms. The smallest absolute Gasteiger partial charge is 0.242 e. The van der Waals surface area contributed by atoms with Crippen LogP contribution in [0.2, 0.25) is 0 Å². The van der Waals surface area contributed by atoms with Gasteiger partial charge in [0.25, 0.3) is 0 Å². The summed E-state index contributed by atoms with van der Waals surface area (Å²) in [6, 6.07) is 1.94. The fourth-order valence-corrected chi connectivity index (χ4v) is 2.28. The minimum absolute atomic E-state index is 0.0265. The standard InChI is InChI=1S/C11H14BrN3O/c1-15(2)9-4-3-7-5-8(12)6-13-10(7)14-11(9)16/h5-6,9H,3-4H2,1-2H3,(H,13,14,16). The summed E-state index contributed by atoms with van der Waals surface area (Å²) in [5.74, 6) is 0.719. The molecule has 4 nitrogen and oxygen atoms in total. The molecule has 1 unspecified atom stereocenters. The van der Waals surface area contributed by atoms with Gasteiger partial charge in [-0.25, -0.2) is 4.98 Å².